The molecule has 0 spiro atoms. The van der Waals surface area contributed by atoms with Gasteiger partial charge in [0, 0.05) is 43.6 Å². The lowest BCUT2D eigenvalue weighted by Crippen LogP contribution is -2.44. The molecule has 2 saturated heterocycles. The van der Waals surface area contributed by atoms with Crippen LogP contribution in [0.3, 0.4) is 0 Å². The van der Waals surface area contributed by atoms with Crippen LogP contribution in [0.2, 0.25) is 0 Å². The molecule has 0 radical (unpaired) electrons. The van der Waals surface area contributed by atoms with Gasteiger partial charge in [0.2, 0.25) is 0 Å². The lowest BCUT2D eigenvalue weighted by Gasteiger charge is -2.35. The number of nitrogens with one attached hydrogen (secondary N) is 3. The minimum Gasteiger partial charge on any atom is -0.369 e. The molecular weight excluding hydrogens is 416 g/mol. The maximum atomic E-state index is 12.2. The summed E-state index contributed by atoms with van der Waals surface area (Å²) in [6.07, 6.45) is 2.72. The zero-order valence-corrected chi connectivity index (χ0v) is 19.9. The molecule has 0 atom stereocenters. The number of likely N-dealkylation sites (N-methyl/N-ethyl adjacent to an activating group) is 1. The predicted molar refractivity (Wildman–Crippen MR) is 134 cm³/mol. The first kappa shape index (κ1) is 23.3. The molecular formula is C24H36N8O. The van der Waals surface area contributed by atoms with Gasteiger partial charge in [0.25, 0.3) is 5.91 Å². The highest BCUT2D eigenvalue weighted by atomic mass is 16.1. The summed E-state index contributed by atoms with van der Waals surface area (Å²) in [4.78, 5) is 26.3. The normalized spacial score (nSPS) is 17.7. The Morgan fingerprint density at radius 1 is 1.15 bits per heavy atom. The molecule has 0 saturated carbocycles. The van der Waals surface area contributed by atoms with Crippen molar-refractivity contribution in [3.63, 3.8) is 0 Å². The molecule has 9 heteroatoms. The zero-order valence-electron chi connectivity index (χ0n) is 19.9. The van der Waals surface area contributed by atoms with Crippen molar-refractivity contribution in [2.45, 2.75) is 39.2 Å². The van der Waals surface area contributed by atoms with Crippen LogP contribution in [0, 0.1) is 6.92 Å². The molecule has 33 heavy (non-hydrogen) atoms. The van der Waals surface area contributed by atoms with Crippen LogP contribution in [0.4, 0.5) is 23.0 Å². The van der Waals surface area contributed by atoms with Gasteiger partial charge in [0.15, 0.2) is 17.3 Å². The Balaban J connectivity index is 1.58. The molecule has 178 valence electrons. The number of aromatic nitrogens is 2. The van der Waals surface area contributed by atoms with E-state index in [-0.39, 0.29) is 5.69 Å². The first-order valence-corrected chi connectivity index (χ1v) is 11.9. The summed E-state index contributed by atoms with van der Waals surface area (Å²) < 4.78 is 0. The van der Waals surface area contributed by atoms with E-state index in [0.29, 0.717) is 18.3 Å². The van der Waals surface area contributed by atoms with E-state index in [1.165, 1.54) is 11.3 Å². The Hall–Kier alpha value is -2.91. The van der Waals surface area contributed by atoms with E-state index in [1.807, 2.05) is 13.0 Å². The second-order valence-corrected chi connectivity index (χ2v) is 9.02. The SMILES string of the molecule is CCc1nc(C(N)=O)c(Nc2ccc(N3CCN(C)CC3)c(C)c2)nc1NC1CCNCC1. The van der Waals surface area contributed by atoms with Gasteiger partial charge < -0.3 is 31.5 Å². The van der Waals surface area contributed by atoms with Crippen molar-refractivity contribution in [3.8, 4) is 0 Å². The van der Waals surface area contributed by atoms with Crippen LogP contribution < -0.4 is 26.6 Å². The molecule has 4 rings (SSSR count). The summed E-state index contributed by atoms with van der Waals surface area (Å²) in [7, 11) is 2.16. The molecule has 0 unspecified atom stereocenters. The van der Waals surface area contributed by atoms with E-state index in [1.54, 1.807) is 0 Å². The molecule has 2 aliphatic rings. The number of primary amides is 1. The van der Waals surface area contributed by atoms with Crippen LogP contribution >= 0.6 is 0 Å². The predicted octanol–water partition coefficient (Wildman–Crippen LogP) is 2.11. The molecule has 5 N–H and O–H groups in total. The number of amides is 1. The molecule has 2 aromatic rings. The highest BCUT2D eigenvalue weighted by Gasteiger charge is 2.21. The van der Waals surface area contributed by atoms with Gasteiger partial charge in [-0.05, 0) is 70.1 Å². The number of hydrogen-bond acceptors (Lipinski definition) is 8. The number of piperidine rings is 1. The Morgan fingerprint density at radius 2 is 1.88 bits per heavy atom. The van der Waals surface area contributed by atoms with Crippen molar-refractivity contribution in [1.82, 2.24) is 20.2 Å². The molecule has 1 aromatic carbocycles. The van der Waals surface area contributed by atoms with Gasteiger partial charge in [0.1, 0.15) is 0 Å². The number of piperazine rings is 1. The van der Waals surface area contributed by atoms with Crippen molar-refractivity contribution < 1.29 is 4.79 Å². The fourth-order valence-corrected chi connectivity index (χ4v) is 4.52. The smallest absolute Gasteiger partial charge is 0.271 e. The van der Waals surface area contributed by atoms with E-state index in [0.717, 1.165) is 69.3 Å². The number of carbonyl (C=O) groups excluding carboxylic acids is 1. The quantitative estimate of drug-likeness (QED) is 0.505. The summed E-state index contributed by atoms with van der Waals surface area (Å²) in [5.41, 5.74) is 9.87. The summed E-state index contributed by atoms with van der Waals surface area (Å²) in [5.74, 6) is 0.532. The van der Waals surface area contributed by atoms with Gasteiger partial charge in [-0.2, -0.15) is 0 Å². The number of anilines is 4. The standard InChI is InChI=1S/C24H36N8O/c1-4-19-23(27-17-7-9-26-10-8-17)30-24(21(29-19)22(25)33)28-18-5-6-20(16(2)15-18)32-13-11-31(3)12-14-32/h5-6,15,17,26H,4,7-14H2,1-3H3,(H2,25,33)(H2,27,28,30). The van der Waals surface area contributed by atoms with E-state index < -0.39 is 5.91 Å². The van der Waals surface area contributed by atoms with Crippen LogP contribution in [-0.2, 0) is 6.42 Å². The Kier molecular flexibility index (Phi) is 7.29. The van der Waals surface area contributed by atoms with Gasteiger partial charge in [-0.1, -0.05) is 6.92 Å². The molecule has 2 aliphatic heterocycles. The van der Waals surface area contributed by atoms with E-state index >= 15 is 0 Å². The van der Waals surface area contributed by atoms with Crippen LogP contribution in [0.25, 0.3) is 0 Å². The number of rotatable bonds is 7. The number of nitrogens with two attached hydrogens (primary N) is 1. The van der Waals surface area contributed by atoms with Gasteiger partial charge >= 0.3 is 0 Å². The van der Waals surface area contributed by atoms with Crippen LogP contribution in [0.1, 0.15) is 41.5 Å². The van der Waals surface area contributed by atoms with Gasteiger partial charge in [-0.3, -0.25) is 4.79 Å². The number of hydrogen-bond donors (Lipinski definition) is 4. The van der Waals surface area contributed by atoms with Crippen molar-refractivity contribution in [3.05, 3.63) is 35.2 Å². The van der Waals surface area contributed by atoms with E-state index in [9.17, 15) is 4.79 Å². The fourth-order valence-electron chi connectivity index (χ4n) is 4.52. The summed E-state index contributed by atoms with van der Waals surface area (Å²) in [6, 6.07) is 6.59. The lowest BCUT2D eigenvalue weighted by atomic mass is 10.1. The number of aryl methyl sites for hydroxylation is 2. The third-order valence-electron chi connectivity index (χ3n) is 6.52. The highest BCUT2D eigenvalue weighted by Crippen LogP contribution is 2.28. The van der Waals surface area contributed by atoms with Crippen molar-refractivity contribution in [2.24, 2.45) is 5.73 Å². The first-order valence-electron chi connectivity index (χ1n) is 11.9. The largest absolute Gasteiger partial charge is 0.369 e. The second kappa shape index (κ2) is 10.4. The van der Waals surface area contributed by atoms with Crippen LogP contribution in [-0.4, -0.2) is 73.1 Å². The minimum absolute atomic E-state index is 0.170. The maximum absolute atomic E-state index is 12.2. The Morgan fingerprint density at radius 3 is 2.52 bits per heavy atom. The molecule has 9 nitrogen and oxygen atoms in total. The number of benzene rings is 1. The lowest BCUT2D eigenvalue weighted by molar-refractivity contribution is 0.0996. The molecule has 0 aliphatic carbocycles. The number of carbonyl (C=O) groups is 1. The van der Waals surface area contributed by atoms with E-state index in [4.69, 9.17) is 10.7 Å². The monoisotopic (exact) mass is 452 g/mol. The Labute approximate surface area is 196 Å². The summed E-state index contributed by atoms with van der Waals surface area (Å²) >= 11 is 0. The molecule has 3 heterocycles. The van der Waals surface area contributed by atoms with Gasteiger partial charge in [-0.25, -0.2) is 9.97 Å². The summed E-state index contributed by atoms with van der Waals surface area (Å²) in [5, 5.41) is 10.2. The van der Waals surface area contributed by atoms with Crippen LogP contribution in [0.15, 0.2) is 18.2 Å². The topological polar surface area (TPSA) is 111 Å². The van der Waals surface area contributed by atoms with Crippen LogP contribution in [0.5, 0.6) is 0 Å². The van der Waals surface area contributed by atoms with Gasteiger partial charge in [0.05, 0.1) is 5.69 Å². The minimum atomic E-state index is -0.584. The average Bonchev–Trinajstić information content (AvgIpc) is 2.81. The zero-order chi connectivity index (χ0) is 23.4. The summed E-state index contributed by atoms with van der Waals surface area (Å²) in [6.45, 7) is 10.3. The fraction of sp³-hybridized carbons (Fsp3) is 0.542. The molecule has 2 fully saturated rings. The van der Waals surface area contributed by atoms with Gasteiger partial charge in [-0.15, -0.1) is 0 Å². The molecule has 0 bridgehead atoms. The Bertz CT molecular complexity index is 981. The molecule has 1 aromatic heterocycles. The number of nitrogens with zero attached hydrogens (tertiary/aromatic N) is 4. The maximum Gasteiger partial charge on any atom is 0.271 e. The average molecular weight is 453 g/mol. The van der Waals surface area contributed by atoms with Crippen molar-refractivity contribution in [1.29, 1.82) is 0 Å². The van der Waals surface area contributed by atoms with Crippen molar-refractivity contribution >= 4 is 28.9 Å². The molecule has 1 amide bonds. The highest BCUT2D eigenvalue weighted by molar-refractivity contribution is 5.96. The first-order chi connectivity index (χ1) is 15.9. The van der Waals surface area contributed by atoms with Crippen molar-refractivity contribution in [2.75, 3.05) is 61.8 Å². The third-order valence-corrected chi connectivity index (χ3v) is 6.52. The second-order valence-electron chi connectivity index (χ2n) is 9.02. The van der Waals surface area contributed by atoms with E-state index in [2.05, 4.69) is 56.8 Å². The third kappa shape index (κ3) is 5.54.